The van der Waals surface area contributed by atoms with Gasteiger partial charge in [-0.2, -0.15) is 48.3 Å². The minimum Gasteiger partial charge on any atom is -0.203 e. The fourth-order valence-electron chi connectivity index (χ4n) is 0.722. The van der Waals surface area contributed by atoms with Gasteiger partial charge in [0.2, 0.25) is 0 Å². The molecule has 15 heteroatoms. The summed E-state index contributed by atoms with van der Waals surface area (Å²) in [6, 6.07) is 0. The van der Waals surface area contributed by atoms with Crippen LogP contribution in [0.3, 0.4) is 0 Å². The van der Waals surface area contributed by atoms with E-state index in [0.29, 0.717) is 0 Å². The minimum absolute atomic E-state index is 0. The number of rotatable bonds is 4. The van der Waals surface area contributed by atoms with Gasteiger partial charge in [0, 0.05) is 0 Å². The molecule has 0 saturated carbocycles. The monoisotopic (exact) mass is 392 g/mol. The summed E-state index contributed by atoms with van der Waals surface area (Å²) in [6.07, 6.45) is -12.9. The highest BCUT2D eigenvalue weighted by Gasteiger charge is 2.88. The molecule has 0 aromatic carbocycles. The van der Waals surface area contributed by atoms with Crippen molar-refractivity contribution < 1.29 is 57.1 Å². The van der Waals surface area contributed by atoms with Crippen LogP contribution in [0, 0.1) is 0 Å². The van der Waals surface area contributed by atoms with Crippen molar-refractivity contribution in [3.63, 3.8) is 0 Å². The molecule has 0 N–H and O–H groups in total. The molecule has 0 amide bonds. The third-order valence-corrected chi connectivity index (χ3v) is 1.84. The maximum atomic E-state index is 12.3. The van der Waals surface area contributed by atoms with Crippen molar-refractivity contribution in [3.05, 3.63) is 0 Å². The Morgan fingerprint density at radius 3 is 0.952 bits per heavy atom. The first-order valence-electron chi connectivity index (χ1n) is 3.80. The van der Waals surface area contributed by atoms with Crippen LogP contribution >= 0.6 is 24.8 Å². The highest BCUT2D eigenvalue weighted by Crippen LogP contribution is 2.58. The van der Waals surface area contributed by atoms with Crippen LogP contribution in [0.15, 0.2) is 0 Å². The van der Waals surface area contributed by atoms with Gasteiger partial charge in [-0.3, -0.25) is 0 Å². The Hall–Kier alpha value is -0.330. The zero-order valence-corrected chi connectivity index (χ0v) is 10.4. The molecule has 0 aliphatic rings. The lowest BCUT2D eigenvalue weighted by atomic mass is 9.98. The van der Waals surface area contributed by atoms with E-state index in [4.69, 9.17) is 0 Å². The van der Waals surface area contributed by atoms with E-state index in [1.807, 2.05) is 0 Å². The van der Waals surface area contributed by atoms with Crippen molar-refractivity contribution in [2.24, 2.45) is 0 Å². The Labute approximate surface area is 119 Å². The molecular weight excluding hydrogens is 390 g/mol. The summed E-state index contributed by atoms with van der Waals surface area (Å²) >= 11 is 0. The van der Waals surface area contributed by atoms with E-state index in [1.165, 1.54) is 0 Å². The number of hydrogen-bond acceptors (Lipinski definition) is 0. The lowest BCUT2D eigenvalue weighted by Gasteiger charge is -2.36. The summed E-state index contributed by atoms with van der Waals surface area (Å²) in [7, 11) is 0. The molecule has 0 unspecified atom stereocenters. The smallest absolute Gasteiger partial charge is 0.203 e. The van der Waals surface area contributed by atoms with Gasteiger partial charge >= 0.3 is 36.3 Å². The fraction of sp³-hybridized carbons (Fsp3) is 1.00. The predicted octanol–water partition coefficient (Wildman–Crippen LogP) is 5.20. The third-order valence-electron chi connectivity index (χ3n) is 1.84. The molecule has 0 aromatic rings. The van der Waals surface area contributed by atoms with Gasteiger partial charge in [-0.05, 0) is 0 Å². The Morgan fingerprint density at radius 2 is 0.762 bits per heavy atom. The van der Waals surface area contributed by atoms with Gasteiger partial charge in [0.15, 0.2) is 0 Å². The van der Waals surface area contributed by atoms with Crippen LogP contribution in [-0.4, -0.2) is 36.3 Å². The first-order chi connectivity index (χ1) is 7.94. The van der Waals surface area contributed by atoms with Crippen molar-refractivity contribution in [1.29, 1.82) is 0 Å². The molecule has 0 aliphatic carbocycles. The average molecular weight is 393 g/mol. The summed E-state index contributed by atoms with van der Waals surface area (Å²) in [5, 5.41) is 0. The van der Waals surface area contributed by atoms with Gasteiger partial charge in [-0.25, -0.2) is 8.78 Å². The van der Waals surface area contributed by atoms with E-state index >= 15 is 0 Å². The van der Waals surface area contributed by atoms with Gasteiger partial charge in [0.05, 0.1) is 0 Å². The van der Waals surface area contributed by atoms with E-state index in [2.05, 4.69) is 0 Å². The fourth-order valence-corrected chi connectivity index (χ4v) is 0.722. The molecule has 0 rings (SSSR count). The van der Waals surface area contributed by atoms with E-state index in [1.54, 1.807) is 0 Å². The highest BCUT2D eigenvalue weighted by molar-refractivity contribution is 5.85. The molecule has 0 aromatic heterocycles. The number of halogens is 15. The van der Waals surface area contributed by atoms with Crippen molar-refractivity contribution in [3.8, 4) is 0 Å². The Balaban J connectivity index is -0.00000162. The lowest BCUT2D eigenvalue weighted by Crippen LogP contribution is -2.67. The van der Waals surface area contributed by atoms with Gasteiger partial charge in [0.25, 0.3) is 0 Å². The normalized spacial score (nSPS) is 14.6. The number of alkyl halides is 13. The largest absolute Gasteiger partial charge is 0.460 e. The lowest BCUT2D eigenvalue weighted by molar-refractivity contribution is -0.430. The summed E-state index contributed by atoms with van der Waals surface area (Å²) in [4.78, 5) is 0. The molecule has 0 saturated heterocycles. The highest BCUT2D eigenvalue weighted by atomic mass is 35.5. The maximum Gasteiger partial charge on any atom is 0.460 e. The van der Waals surface area contributed by atoms with Crippen LogP contribution in [0.2, 0.25) is 0 Å². The predicted molar refractivity (Wildman–Crippen MR) is 46.3 cm³/mol. The topological polar surface area (TPSA) is 0 Å². The minimum atomic E-state index is -7.78. The molecule has 21 heavy (non-hydrogen) atoms. The quantitative estimate of drug-likeness (QED) is 0.577. The van der Waals surface area contributed by atoms with Crippen LogP contribution < -0.4 is 0 Å². The Kier molecular flexibility index (Phi) is 7.84. The summed E-state index contributed by atoms with van der Waals surface area (Å²) in [6.45, 7) is 0. The van der Waals surface area contributed by atoms with Crippen molar-refractivity contribution >= 4 is 24.8 Å². The van der Waals surface area contributed by atoms with Crippen LogP contribution in [0.4, 0.5) is 57.1 Å². The molecule has 0 atom stereocenters. The van der Waals surface area contributed by atoms with Gasteiger partial charge in [-0.1, -0.05) is 0 Å². The molecular formula is C6H3Cl2F13. The molecule has 0 aliphatic heterocycles. The van der Waals surface area contributed by atoms with Crippen molar-refractivity contribution in [1.82, 2.24) is 0 Å². The molecule has 0 heterocycles. The molecule has 0 radical (unpaired) electrons. The molecule has 0 spiro atoms. The summed E-state index contributed by atoms with van der Waals surface area (Å²) in [5.41, 5.74) is 0. The van der Waals surface area contributed by atoms with E-state index in [9.17, 15) is 57.1 Å². The molecule has 0 bridgehead atoms. The van der Waals surface area contributed by atoms with Crippen molar-refractivity contribution in [2.75, 3.05) is 0 Å². The maximum absolute atomic E-state index is 12.3. The van der Waals surface area contributed by atoms with E-state index < -0.39 is 36.3 Å². The average Bonchev–Trinajstić information content (AvgIpc) is 2.14. The molecule has 132 valence electrons. The van der Waals surface area contributed by atoms with Gasteiger partial charge < -0.3 is 0 Å². The van der Waals surface area contributed by atoms with Crippen LogP contribution in [0.1, 0.15) is 0 Å². The zero-order valence-electron chi connectivity index (χ0n) is 8.81. The third kappa shape index (κ3) is 3.54. The summed E-state index contributed by atoms with van der Waals surface area (Å²) in [5.74, 6) is -30.1. The second kappa shape index (κ2) is 6.42. The standard InChI is InChI=1S/C6HF13.2ClH/c7-1(8)2(9,10)3(11,12)4(13,14)5(15,16)6(17,18)19;;/h1H;2*1H. The first-order valence-corrected chi connectivity index (χ1v) is 3.80. The van der Waals surface area contributed by atoms with E-state index in [-0.39, 0.29) is 24.8 Å². The summed E-state index contributed by atoms with van der Waals surface area (Å²) < 4.78 is 155. The first kappa shape index (κ1) is 25.6. The molecule has 0 nitrogen and oxygen atoms in total. The number of hydrogen-bond donors (Lipinski definition) is 0. The SMILES string of the molecule is Cl.Cl.FC(F)C(F)(F)C(F)(F)C(F)(F)C(F)(F)C(F)(F)F. The second-order valence-electron chi connectivity index (χ2n) is 3.14. The van der Waals surface area contributed by atoms with Gasteiger partial charge in [0.1, 0.15) is 0 Å². The van der Waals surface area contributed by atoms with Gasteiger partial charge in [-0.15, -0.1) is 24.8 Å². The van der Waals surface area contributed by atoms with E-state index in [0.717, 1.165) is 0 Å². The van der Waals surface area contributed by atoms with Crippen molar-refractivity contribution in [2.45, 2.75) is 36.3 Å². The Morgan fingerprint density at radius 1 is 0.476 bits per heavy atom. The zero-order chi connectivity index (χ0) is 16.1. The van der Waals surface area contributed by atoms with Crippen LogP contribution in [0.25, 0.3) is 0 Å². The molecule has 0 fully saturated rings. The second-order valence-corrected chi connectivity index (χ2v) is 3.14. The van der Waals surface area contributed by atoms with Crippen LogP contribution in [0.5, 0.6) is 0 Å². The van der Waals surface area contributed by atoms with Crippen LogP contribution in [-0.2, 0) is 0 Å². The Bertz CT molecular complexity index is 332.